The summed E-state index contributed by atoms with van der Waals surface area (Å²) < 4.78 is 39.2. The molecule has 0 aliphatic carbocycles. The molecule has 0 unspecified atom stereocenters. The minimum Gasteiger partial charge on any atom is -0.507 e. The molecule has 2 aromatic carbocycles. The van der Waals surface area contributed by atoms with Gasteiger partial charge >= 0.3 is 0 Å². The number of hydrogen-bond acceptors (Lipinski definition) is 22. The summed E-state index contributed by atoms with van der Waals surface area (Å²) in [7, 11) is 0. The summed E-state index contributed by atoms with van der Waals surface area (Å²) >= 11 is 0. The van der Waals surface area contributed by atoms with E-state index < -0.39 is 141 Å². The maximum atomic E-state index is 13.6. The monoisotopic (exact) mass is 802 g/mol. The fraction of sp³-hybridized carbons (Fsp3) is 0.559. The second kappa shape index (κ2) is 17.0. The Morgan fingerprint density at radius 2 is 1.14 bits per heavy atom. The number of rotatable bonds is 11. The molecule has 3 aliphatic rings. The molecule has 3 fully saturated rings. The number of aromatic hydroxyl groups is 2. The van der Waals surface area contributed by atoms with E-state index in [0.717, 1.165) is 24.3 Å². The van der Waals surface area contributed by atoms with E-state index in [1.54, 1.807) is 0 Å². The smallest absolute Gasteiger partial charge is 0.229 e. The maximum absolute atomic E-state index is 13.6. The topological polar surface area (TPSA) is 369 Å². The van der Waals surface area contributed by atoms with Crippen LogP contribution < -0.4 is 14.9 Å². The number of phenols is 2. The van der Waals surface area contributed by atoms with Crippen LogP contribution in [0.25, 0.3) is 22.3 Å². The Morgan fingerprint density at radius 1 is 0.589 bits per heavy atom. The summed E-state index contributed by atoms with van der Waals surface area (Å²) in [5.74, 6) is -2.32. The highest BCUT2D eigenvalue weighted by Gasteiger charge is 2.51. The van der Waals surface area contributed by atoms with Crippen LogP contribution in [0.3, 0.4) is 0 Å². The number of ether oxygens (including phenoxy) is 6. The minimum absolute atomic E-state index is 0.0241. The molecule has 0 radical (unpaired) electrons. The Hall–Kier alpha value is -3.79. The molecule has 0 bridgehead atoms. The van der Waals surface area contributed by atoms with E-state index in [4.69, 9.17) is 32.8 Å². The molecule has 1 aromatic heterocycles. The molecule has 22 nitrogen and oxygen atoms in total. The van der Waals surface area contributed by atoms with Gasteiger partial charge in [-0.3, -0.25) is 4.79 Å². The van der Waals surface area contributed by atoms with Crippen LogP contribution in [0, 0.1) is 0 Å². The molecule has 0 spiro atoms. The molecule has 3 aromatic rings. The molecule has 6 rings (SSSR count). The third kappa shape index (κ3) is 7.76. The molecule has 3 aliphatic heterocycles. The number of phenolic OH excluding ortho intramolecular Hbond substituents is 2. The average molecular weight is 803 g/mol. The Balaban J connectivity index is 1.31. The largest absolute Gasteiger partial charge is 0.507 e. The van der Waals surface area contributed by atoms with Gasteiger partial charge in [0, 0.05) is 17.7 Å². The molecule has 0 saturated carbocycles. The average Bonchev–Trinajstić information content (AvgIpc) is 3.18. The van der Waals surface area contributed by atoms with Crippen molar-refractivity contribution in [2.45, 2.75) is 98.7 Å². The Bertz CT molecular complexity index is 1880. The first-order chi connectivity index (χ1) is 26.6. The molecule has 14 N–H and O–H groups in total. The van der Waals surface area contributed by atoms with Crippen LogP contribution in [-0.2, 0) is 25.6 Å². The van der Waals surface area contributed by atoms with Crippen LogP contribution in [0.1, 0.15) is 5.56 Å². The fourth-order valence-electron chi connectivity index (χ4n) is 6.57. The van der Waals surface area contributed by atoms with Crippen LogP contribution >= 0.6 is 0 Å². The lowest BCUT2D eigenvalue weighted by atomic mass is 9.97. The molecule has 3 saturated heterocycles. The first-order valence-corrected chi connectivity index (χ1v) is 17.1. The van der Waals surface area contributed by atoms with Crippen LogP contribution in [-0.4, -0.2) is 183 Å². The molecule has 4 heterocycles. The zero-order valence-electron chi connectivity index (χ0n) is 28.9. The fourth-order valence-corrected chi connectivity index (χ4v) is 6.57. The van der Waals surface area contributed by atoms with E-state index in [1.165, 1.54) is 6.07 Å². The molecular weight excluding hydrogens is 760 g/mol. The van der Waals surface area contributed by atoms with E-state index in [9.17, 15) is 76.3 Å². The van der Waals surface area contributed by atoms with E-state index in [0.29, 0.717) is 0 Å². The van der Waals surface area contributed by atoms with Crippen LogP contribution in [0.4, 0.5) is 0 Å². The zero-order valence-corrected chi connectivity index (χ0v) is 28.9. The number of aliphatic hydroxyl groups excluding tert-OH is 12. The third-order valence-corrected chi connectivity index (χ3v) is 9.73. The van der Waals surface area contributed by atoms with Gasteiger partial charge in [-0.25, -0.2) is 0 Å². The van der Waals surface area contributed by atoms with E-state index in [1.807, 2.05) is 0 Å². The van der Waals surface area contributed by atoms with Gasteiger partial charge in [0.05, 0.1) is 32.0 Å². The molecular formula is C34H42O22. The van der Waals surface area contributed by atoms with Gasteiger partial charge in [-0.05, 0) is 18.2 Å². The van der Waals surface area contributed by atoms with Crippen molar-refractivity contribution in [3.63, 3.8) is 0 Å². The molecule has 56 heavy (non-hydrogen) atoms. The second-order valence-corrected chi connectivity index (χ2v) is 13.3. The van der Waals surface area contributed by atoms with Gasteiger partial charge in [0.25, 0.3) is 0 Å². The van der Waals surface area contributed by atoms with E-state index in [-0.39, 0.29) is 34.0 Å². The van der Waals surface area contributed by atoms with Crippen molar-refractivity contribution in [2.75, 3.05) is 19.8 Å². The molecule has 22 heteroatoms. The van der Waals surface area contributed by atoms with Gasteiger partial charge in [-0.2, -0.15) is 0 Å². The summed E-state index contributed by atoms with van der Waals surface area (Å²) in [5, 5.41) is 143. The lowest BCUT2D eigenvalue weighted by Crippen LogP contribution is -2.65. The molecule has 0 amide bonds. The Morgan fingerprint density at radius 3 is 1.71 bits per heavy atom. The van der Waals surface area contributed by atoms with Gasteiger partial charge in [0.15, 0.2) is 23.9 Å². The van der Waals surface area contributed by atoms with Gasteiger partial charge in [0.2, 0.25) is 18.0 Å². The summed E-state index contributed by atoms with van der Waals surface area (Å²) in [6, 6.07) is 5.47. The lowest BCUT2D eigenvalue weighted by molar-refractivity contribution is -0.357. The first kappa shape index (κ1) is 41.8. The third-order valence-electron chi connectivity index (χ3n) is 9.73. The molecule has 15 atom stereocenters. The molecule has 310 valence electrons. The maximum Gasteiger partial charge on any atom is 0.229 e. The quantitative estimate of drug-likeness (QED) is 0.0860. The first-order valence-electron chi connectivity index (χ1n) is 17.1. The highest BCUT2D eigenvalue weighted by molar-refractivity contribution is 5.87. The van der Waals surface area contributed by atoms with Gasteiger partial charge in [-0.1, -0.05) is 0 Å². The van der Waals surface area contributed by atoms with Crippen molar-refractivity contribution in [1.82, 2.24) is 0 Å². The zero-order chi connectivity index (χ0) is 40.7. The van der Waals surface area contributed by atoms with Gasteiger partial charge < -0.3 is 104 Å². The van der Waals surface area contributed by atoms with Crippen molar-refractivity contribution in [2.24, 2.45) is 0 Å². The summed E-state index contributed by atoms with van der Waals surface area (Å²) in [4.78, 5) is 13.6. The Labute approximate surface area is 314 Å². The lowest BCUT2D eigenvalue weighted by Gasteiger charge is -2.45. The van der Waals surface area contributed by atoms with Crippen molar-refractivity contribution < 1.29 is 104 Å². The Kier molecular flexibility index (Phi) is 12.7. The SMILES string of the molecule is O=c1c(CO)c(-c2ccc(O[C@H]3O[C@@H](CO)[C@H](O)[C@@H](O)[C@@H]3O)c(O)c2)oc2cc(O[C@@H]3O[C@H](CO)[C@@H](O)[C@H](O)[C@H]3O[C@@H]3O[C@H](CO)[C@@H](O)[C@H](O)[C@H]3O)cc(O)c12. The van der Waals surface area contributed by atoms with Crippen molar-refractivity contribution in [1.29, 1.82) is 0 Å². The number of benzene rings is 2. The van der Waals surface area contributed by atoms with Crippen LogP contribution in [0.5, 0.6) is 23.0 Å². The predicted octanol–water partition coefficient (Wildman–Crippen LogP) is -5.45. The minimum atomic E-state index is -1.95. The normalized spacial score (nSPS) is 36.4. The highest BCUT2D eigenvalue weighted by atomic mass is 16.8. The predicted molar refractivity (Wildman–Crippen MR) is 179 cm³/mol. The van der Waals surface area contributed by atoms with E-state index in [2.05, 4.69) is 0 Å². The van der Waals surface area contributed by atoms with Gasteiger partial charge in [-0.15, -0.1) is 0 Å². The van der Waals surface area contributed by atoms with Crippen LogP contribution in [0.15, 0.2) is 39.5 Å². The number of fused-ring (bicyclic) bond motifs is 1. The van der Waals surface area contributed by atoms with Crippen molar-refractivity contribution in [3.05, 3.63) is 46.1 Å². The summed E-state index contributed by atoms with van der Waals surface area (Å²) in [6.07, 6.45) is -25.8. The standard InChI is InChI=1S/C34H42O22/c35-6-12-21(41)20-14(40)4-11(50-34-31(27(47)24(44)19(9-38)55-34)56-33-29(49)26(46)23(43)18(8-37)54-33)5-16(20)51-30(12)10-1-2-15(13(39)3-10)52-32-28(48)25(45)22(42)17(7-36)53-32/h1-5,17-19,22-29,31-40,42-49H,6-9H2/t17-,18+,19+,22-,23+,24+,25+,26-,27-,28-,29+,31+,32-,33-,34+/m0/s1. The summed E-state index contributed by atoms with van der Waals surface area (Å²) in [6.45, 7) is -3.30. The van der Waals surface area contributed by atoms with Crippen LogP contribution in [0.2, 0.25) is 0 Å². The summed E-state index contributed by atoms with van der Waals surface area (Å²) in [5.41, 5.74) is -1.66. The van der Waals surface area contributed by atoms with Crippen molar-refractivity contribution >= 4 is 11.0 Å². The van der Waals surface area contributed by atoms with Crippen molar-refractivity contribution in [3.8, 4) is 34.3 Å². The number of aliphatic hydroxyl groups is 12. The number of hydrogen-bond donors (Lipinski definition) is 14. The van der Waals surface area contributed by atoms with E-state index >= 15 is 0 Å². The highest BCUT2D eigenvalue weighted by Crippen LogP contribution is 2.39. The van der Waals surface area contributed by atoms with Gasteiger partial charge in [0.1, 0.15) is 95.4 Å². The second-order valence-electron chi connectivity index (χ2n) is 13.3.